The number of hydrogen-bond acceptors (Lipinski definition) is 4. The molecule has 19 heavy (non-hydrogen) atoms. The van der Waals surface area contributed by atoms with E-state index in [2.05, 4.69) is 46.9 Å². The van der Waals surface area contributed by atoms with Crippen molar-refractivity contribution in [1.82, 2.24) is 19.9 Å². The number of piperidine rings is 1. The maximum atomic E-state index is 5.27. The lowest BCUT2D eigenvalue weighted by atomic mass is 9.93. The molecule has 0 bridgehead atoms. The quantitative estimate of drug-likeness (QED) is 0.814. The van der Waals surface area contributed by atoms with Gasteiger partial charge in [-0.15, -0.1) is 5.10 Å². The molecule has 0 unspecified atom stereocenters. The van der Waals surface area contributed by atoms with Crippen molar-refractivity contribution in [3.63, 3.8) is 0 Å². The summed E-state index contributed by atoms with van der Waals surface area (Å²) in [7, 11) is 0. The van der Waals surface area contributed by atoms with Gasteiger partial charge in [-0.3, -0.25) is 4.90 Å². The van der Waals surface area contributed by atoms with E-state index in [4.69, 9.17) is 4.74 Å². The van der Waals surface area contributed by atoms with E-state index in [1.807, 2.05) is 0 Å². The number of nitrogens with zero attached hydrogens (tertiary/aromatic N) is 4. The molecule has 2 aliphatic rings. The third kappa shape index (κ3) is 2.67. The first-order chi connectivity index (χ1) is 9.04. The molecular formula is C14H24N4O. The van der Waals surface area contributed by atoms with Crippen molar-refractivity contribution in [1.29, 1.82) is 0 Å². The predicted octanol–water partition coefficient (Wildman–Crippen LogP) is 1.61. The maximum absolute atomic E-state index is 5.27. The average Bonchev–Trinajstić information content (AvgIpc) is 2.76. The van der Waals surface area contributed by atoms with E-state index >= 15 is 0 Å². The molecule has 2 fully saturated rings. The second-order valence-electron chi connectivity index (χ2n) is 6.79. The molecule has 2 aliphatic heterocycles. The van der Waals surface area contributed by atoms with Crippen LogP contribution in [0.15, 0.2) is 6.20 Å². The fourth-order valence-electron chi connectivity index (χ4n) is 2.75. The minimum atomic E-state index is 0.0855. The molecule has 0 aromatic carbocycles. The first-order valence-corrected chi connectivity index (χ1v) is 7.28. The number of rotatable bonds is 2. The van der Waals surface area contributed by atoms with Crippen LogP contribution in [-0.4, -0.2) is 52.2 Å². The Bertz CT molecular complexity index is 425. The van der Waals surface area contributed by atoms with E-state index in [1.165, 1.54) is 12.8 Å². The fourth-order valence-corrected chi connectivity index (χ4v) is 2.75. The van der Waals surface area contributed by atoms with E-state index in [0.29, 0.717) is 12.1 Å². The lowest BCUT2D eigenvalue weighted by Gasteiger charge is -2.41. The Labute approximate surface area is 114 Å². The number of likely N-dealkylation sites (tertiary alicyclic amines) is 1. The monoisotopic (exact) mass is 264 g/mol. The van der Waals surface area contributed by atoms with Crippen LogP contribution in [0.1, 0.15) is 45.3 Å². The van der Waals surface area contributed by atoms with E-state index < -0.39 is 0 Å². The SMILES string of the molecule is CC(C)(C)c1cn(C2CCN(C3COC3)CC2)nn1. The highest BCUT2D eigenvalue weighted by Crippen LogP contribution is 2.26. The van der Waals surface area contributed by atoms with Crippen LogP contribution in [0.25, 0.3) is 0 Å². The molecule has 5 nitrogen and oxygen atoms in total. The van der Waals surface area contributed by atoms with Gasteiger partial charge in [0.05, 0.1) is 31.0 Å². The van der Waals surface area contributed by atoms with E-state index in [9.17, 15) is 0 Å². The summed E-state index contributed by atoms with van der Waals surface area (Å²) >= 11 is 0. The number of ether oxygens (including phenoxy) is 1. The third-order valence-electron chi connectivity index (χ3n) is 4.29. The van der Waals surface area contributed by atoms with Crippen LogP contribution in [0, 0.1) is 0 Å². The van der Waals surface area contributed by atoms with Gasteiger partial charge in [-0.05, 0) is 12.8 Å². The Morgan fingerprint density at radius 1 is 1.16 bits per heavy atom. The topological polar surface area (TPSA) is 43.2 Å². The molecule has 106 valence electrons. The summed E-state index contributed by atoms with van der Waals surface area (Å²) in [6, 6.07) is 1.18. The van der Waals surface area contributed by atoms with Gasteiger partial charge in [-0.25, -0.2) is 4.68 Å². The van der Waals surface area contributed by atoms with Crippen molar-refractivity contribution in [3.8, 4) is 0 Å². The first kappa shape index (κ1) is 13.1. The van der Waals surface area contributed by atoms with Gasteiger partial charge in [-0.2, -0.15) is 0 Å². The largest absolute Gasteiger partial charge is 0.378 e. The minimum Gasteiger partial charge on any atom is -0.378 e. The summed E-state index contributed by atoms with van der Waals surface area (Å²) in [6.07, 6.45) is 4.47. The Morgan fingerprint density at radius 3 is 2.32 bits per heavy atom. The smallest absolute Gasteiger partial charge is 0.0880 e. The number of aromatic nitrogens is 3. The average molecular weight is 264 g/mol. The van der Waals surface area contributed by atoms with Gasteiger partial charge in [0.25, 0.3) is 0 Å². The summed E-state index contributed by atoms with van der Waals surface area (Å²) < 4.78 is 7.35. The second-order valence-corrected chi connectivity index (χ2v) is 6.79. The van der Waals surface area contributed by atoms with Crippen LogP contribution in [0.5, 0.6) is 0 Å². The lowest BCUT2D eigenvalue weighted by Crippen LogP contribution is -2.51. The van der Waals surface area contributed by atoms with Crippen LogP contribution < -0.4 is 0 Å². The third-order valence-corrected chi connectivity index (χ3v) is 4.29. The molecule has 0 aliphatic carbocycles. The maximum Gasteiger partial charge on any atom is 0.0880 e. The van der Waals surface area contributed by atoms with E-state index in [-0.39, 0.29) is 5.41 Å². The van der Waals surface area contributed by atoms with Gasteiger partial charge in [0.1, 0.15) is 0 Å². The van der Waals surface area contributed by atoms with Crippen LogP contribution in [0.2, 0.25) is 0 Å². The molecule has 0 atom stereocenters. The summed E-state index contributed by atoms with van der Waals surface area (Å²) in [4.78, 5) is 2.56. The van der Waals surface area contributed by atoms with Crippen LogP contribution in [-0.2, 0) is 10.2 Å². The lowest BCUT2D eigenvalue weighted by molar-refractivity contribution is -0.0734. The highest BCUT2D eigenvalue weighted by atomic mass is 16.5. The van der Waals surface area contributed by atoms with E-state index in [1.54, 1.807) is 0 Å². The number of hydrogen-bond donors (Lipinski definition) is 0. The summed E-state index contributed by atoms with van der Waals surface area (Å²) in [6.45, 7) is 10.7. The van der Waals surface area contributed by atoms with Crippen molar-refractivity contribution in [3.05, 3.63) is 11.9 Å². The summed E-state index contributed by atoms with van der Waals surface area (Å²) in [5.74, 6) is 0. The molecule has 0 spiro atoms. The normalized spacial score (nSPS) is 23.5. The zero-order valence-corrected chi connectivity index (χ0v) is 12.2. The van der Waals surface area contributed by atoms with Gasteiger partial charge in [0, 0.05) is 24.7 Å². The Kier molecular flexibility index (Phi) is 3.35. The Morgan fingerprint density at radius 2 is 1.84 bits per heavy atom. The van der Waals surface area contributed by atoms with Gasteiger partial charge in [-0.1, -0.05) is 26.0 Å². The molecule has 3 heterocycles. The van der Waals surface area contributed by atoms with Gasteiger partial charge in [0.15, 0.2) is 0 Å². The Hall–Kier alpha value is -0.940. The summed E-state index contributed by atoms with van der Waals surface area (Å²) in [5, 5.41) is 8.66. The van der Waals surface area contributed by atoms with Crippen LogP contribution in [0.3, 0.4) is 0 Å². The van der Waals surface area contributed by atoms with Crippen LogP contribution >= 0.6 is 0 Å². The van der Waals surface area contributed by atoms with Crippen molar-refractivity contribution < 1.29 is 4.74 Å². The molecule has 5 heteroatoms. The molecule has 1 aromatic rings. The predicted molar refractivity (Wildman–Crippen MR) is 73.2 cm³/mol. The minimum absolute atomic E-state index is 0.0855. The van der Waals surface area contributed by atoms with Gasteiger partial charge < -0.3 is 4.74 Å². The molecule has 0 saturated carbocycles. The van der Waals surface area contributed by atoms with Crippen molar-refractivity contribution >= 4 is 0 Å². The highest BCUT2D eigenvalue weighted by molar-refractivity contribution is 5.07. The standard InChI is InChI=1S/C14H24N4O/c1-14(2,3)13-8-18(16-15-13)11-4-6-17(7-5-11)12-9-19-10-12/h8,11-12H,4-7,9-10H2,1-3H3. The summed E-state index contributed by atoms with van der Waals surface area (Å²) in [5.41, 5.74) is 1.17. The van der Waals surface area contributed by atoms with E-state index in [0.717, 1.165) is 32.0 Å². The van der Waals surface area contributed by atoms with Crippen molar-refractivity contribution in [2.24, 2.45) is 0 Å². The molecule has 2 saturated heterocycles. The highest BCUT2D eigenvalue weighted by Gasteiger charge is 2.30. The van der Waals surface area contributed by atoms with Crippen molar-refractivity contribution in [2.75, 3.05) is 26.3 Å². The fraction of sp³-hybridized carbons (Fsp3) is 0.857. The zero-order chi connectivity index (χ0) is 13.5. The van der Waals surface area contributed by atoms with Crippen LogP contribution in [0.4, 0.5) is 0 Å². The molecular weight excluding hydrogens is 240 g/mol. The molecule has 0 radical (unpaired) electrons. The zero-order valence-electron chi connectivity index (χ0n) is 12.2. The molecule has 3 rings (SSSR count). The van der Waals surface area contributed by atoms with Crippen molar-refractivity contribution in [2.45, 2.75) is 51.1 Å². The van der Waals surface area contributed by atoms with Gasteiger partial charge >= 0.3 is 0 Å². The molecule has 0 N–H and O–H groups in total. The first-order valence-electron chi connectivity index (χ1n) is 7.28. The molecule has 0 amide bonds. The second kappa shape index (κ2) is 4.87. The van der Waals surface area contributed by atoms with Gasteiger partial charge in [0.2, 0.25) is 0 Å². The Balaban J connectivity index is 1.60. The molecule has 1 aromatic heterocycles.